The fourth-order valence-corrected chi connectivity index (χ4v) is 1.26. The average molecular weight is 229 g/mol. The number of nitriles is 1. The van der Waals surface area contributed by atoms with Crippen LogP contribution in [0.4, 0.5) is 4.39 Å². The Kier molecular flexibility index (Phi) is 2.97. The number of rotatable bonds is 2. The summed E-state index contributed by atoms with van der Waals surface area (Å²) in [7, 11) is 0. The second-order valence-electron chi connectivity index (χ2n) is 3.33. The molecule has 17 heavy (non-hydrogen) atoms. The summed E-state index contributed by atoms with van der Waals surface area (Å²) in [6.45, 7) is 1.77. The molecule has 0 spiro atoms. The Bertz CT molecular complexity index is 593. The highest BCUT2D eigenvalue weighted by Crippen LogP contribution is 2.25. The van der Waals surface area contributed by atoms with Gasteiger partial charge in [0.05, 0.1) is 0 Å². The standard InChI is InChI=1S/C12H8FN3O/c1-8-2-3-9(13)6-11(8)17-12-10(7-14)15-4-5-16-12/h2-6H,1H3. The minimum atomic E-state index is -0.409. The van der Waals surface area contributed by atoms with E-state index in [1.165, 1.54) is 24.5 Å². The molecule has 0 aliphatic heterocycles. The lowest BCUT2D eigenvalue weighted by Crippen LogP contribution is -1.95. The van der Waals surface area contributed by atoms with Crippen molar-refractivity contribution in [1.82, 2.24) is 9.97 Å². The van der Waals surface area contributed by atoms with Gasteiger partial charge in [0.15, 0.2) is 0 Å². The summed E-state index contributed by atoms with van der Waals surface area (Å²) in [5.41, 5.74) is 0.817. The Morgan fingerprint density at radius 1 is 1.29 bits per heavy atom. The second-order valence-corrected chi connectivity index (χ2v) is 3.33. The lowest BCUT2D eigenvalue weighted by atomic mass is 10.2. The number of aromatic nitrogens is 2. The molecule has 5 heteroatoms. The van der Waals surface area contributed by atoms with Crippen molar-refractivity contribution in [1.29, 1.82) is 5.26 Å². The molecule has 0 aliphatic carbocycles. The largest absolute Gasteiger partial charge is 0.436 e. The van der Waals surface area contributed by atoms with Crippen molar-refractivity contribution in [2.24, 2.45) is 0 Å². The van der Waals surface area contributed by atoms with E-state index in [9.17, 15) is 4.39 Å². The fraction of sp³-hybridized carbons (Fsp3) is 0.0833. The monoisotopic (exact) mass is 229 g/mol. The Hall–Kier alpha value is -2.48. The van der Waals surface area contributed by atoms with Gasteiger partial charge < -0.3 is 4.74 Å². The molecule has 1 heterocycles. The van der Waals surface area contributed by atoms with Gasteiger partial charge in [-0.05, 0) is 18.6 Å². The van der Waals surface area contributed by atoms with Crippen LogP contribution in [0.1, 0.15) is 11.3 Å². The predicted octanol–water partition coefficient (Wildman–Crippen LogP) is 2.59. The van der Waals surface area contributed by atoms with Crippen LogP contribution in [0.25, 0.3) is 0 Å². The van der Waals surface area contributed by atoms with Gasteiger partial charge in [-0.1, -0.05) is 6.07 Å². The molecule has 2 aromatic rings. The first-order valence-corrected chi connectivity index (χ1v) is 4.86. The molecule has 0 amide bonds. The summed E-state index contributed by atoms with van der Waals surface area (Å²) in [6, 6.07) is 6.03. The molecule has 0 radical (unpaired) electrons. The topological polar surface area (TPSA) is 58.8 Å². The summed E-state index contributed by atoms with van der Waals surface area (Å²) in [5.74, 6) is -0.0151. The Balaban J connectivity index is 2.38. The molecule has 0 saturated carbocycles. The molecule has 0 unspecified atom stereocenters. The van der Waals surface area contributed by atoms with E-state index >= 15 is 0 Å². The molecule has 0 saturated heterocycles. The maximum Gasteiger partial charge on any atom is 0.256 e. The van der Waals surface area contributed by atoms with Crippen LogP contribution in [0.3, 0.4) is 0 Å². The Labute approximate surface area is 97.3 Å². The molecule has 0 bridgehead atoms. The van der Waals surface area contributed by atoms with Crippen LogP contribution in [-0.4, -0.2) is 9.97 Å². The van der Waals surface area contributed by atoms with Crippen LogP contribution >= 0.6 is 0 Å². The molecular weight excluding hydrogens is 221 g/mol. The Morgan fingerprint density at radius 2 is 2.06 bits per heavy atom. The van der Waals surface area contributed by atoms with Gasteiger partial charge in [-0.2, -0.15) is 5.26 Å². The van der Waals surface area contributed by atoms with E-state index in [2.05, 4.69) is 9.97 Å². The highest BCUT2D eigenvalue weighted by atomic mass is 19.1. The second kappa shape index (κ2) is 4.58. The normalized spacial score (nSPS) is 9.71. The van der Waals surface area contributed by atoms with Crippen molar-refractivity contribution in [3.05, 3.63) is 47.7 Å². The third kappa shape index (κ3) is 2.37. The van der Waals surface area contributed by atoms with Crippen LogP contribution in [0, 0.1) is 24.1 Å². The van der Waals surface area contributed by atoms with Crippen LogP contribution < -0.4 is 4.74 Å². The number of hydrogen-bond donors (Lipinski definition) is 0. The molecule has 84 valence electrons. The number of hydrogen-bond acceptors (Lipinski definition) is 4. The average Bonchev–Trinajstić information content (AvgIpc) is 2.34. The molecule has 1 aromatic carbocycles. The minimum Gasteiger partial charge on any atom is -0.436 e. The predicted molar refractivity (Wildman–Crippen MR) is 58.0 cm³/mol. The summed E-state index contributed by atoms with van der Waals surface area (Å²) in [5, 5.41) is 8.81. The maximum absolute atomic E-state index is 13.1. The van der Waals surface area contributed by atoms with Crippen LogP contribution in [0.2, 0.25) is 0 Å². The maximum atomic E-state index is 13.1. The quantitative estimate of drug-likeness (QED) is 0.794. The summed E-state index contributed by atoms with van der Waals surface area (Å²) in [6.07, 6.45) is 2.80. The van der Waals surface area contributed by atoms with E-state index in [1.54, 1.807) is 13.0 Å². The van der Waals surface area contributed by atoms with Gasteiger partial charge in [0.25, 0.3) is 5.88 Å². The lowest BCUT2D eigenvalue weighted by Gasteiger charge is -2.07. The van der Waals surface area contributed by atoms with Gasteiger partial charge in [-0.3, -0.25) is 0 Å². The first-order valence-electron chi connectivity index (χ1n) is 4.86. The van der Waals surface area contributed by atoms with Crippen molar-refractivity contribution in [3.63, 3.8) is 0 Å². The van der Waals surface area contributed by atoms with Crippen LogP contribution in [-0.2, 0) is 0 Å². The highest BCUT2D eigenvalue weighted by molar-refractivity contribution is 5.39. The number of aryl methyl sites for hydroxylation is 1. The van der Waals surface area contributed by atoms with Crippen molar-refractivity contribution in [3.8, 4) is 17.7 Å². The fourth-order valence-electron chi connectivity index (χ4n) is 1.26. The molecule has 0 N–H and O–H groups in total. The third-order valence-electron chi connectivity index (χ3n) is 2.13. The van der Waals surface area contributed by atoms with Gasteiger partial charge in [0.2, 0.25) is 5.69 Å². The van der Waals surface area contributed by atoms with Crippen LogP contribution in [0.15, 0.2) is 30.6 Å². The zero-order chi connectivity index (χ0) is 12.3. The van der Waals surface area contributed by atoms with Gasteiger partial charge >= 0.3 is 0 Å². The van der Waals surface area contributed by atoms with E-state index in [4.69, 9.17) is 10.00 Å². The molecule has 1 aromatic heterocycles. The lowest BCUT2D eigenvalue weighted by molar-refractivity contribution is 0.450. The SMILES string of the molecule is Cc1ccc(F)cc1Oc1nccnc1C#N. The molecule has 4 nitrogen and oxygen atoms in total. The molecule has 0 aliphatic rings. The van der Waals surface area contributed by atoms with Crippen molar-refractivity contribution < 1.29 is 9.13 Å². The summed E-state index contributed by atoms with van der Waals surface area (Å²) >= 11 is 0. The van der Waals surface area contributed by atoms with Crippen molar-refractivity contribution in [2.75, 3.05) is 0 Å². The molecule has 0 atom stereocenters. The van der Waals surface area contributed by atoms with Gasteiger partial charge in [-0.25, -0.2) is 14.4 Å². The van der Waals surface area contributed by atoms with E-state index in [0.29, 0.717) is 5.75 Å². The van der Waals surface area contributed by atoms with Crippen LogP contribution in [0.5, 0.6) is 11.6 Å². The van der Waals surface area contributed by atoms with Gasteiger partial charge in [-0.15, -0.1) is 0 Å². The molecule has 0 fully saturated rings. The minimum absolute atomic E-state index is 0.0659. The Morgan fingerprint density at radius 3 is 2.82 bits per heavy atom. The summed E-state index contributed by atoms with van der Waals surface area (Å²) < 4.78 is 18.4. The highest BCUT2D eigenvalue weighted by Gasteiger charge is 2.09. The first-order chi connectivity index (χ1) is 8.20. The number of benzene rings is 1. The van der Waals surface area contributed by atoms with Crippen molar-refractivity contribution in [2.45, 2.75) is 6.92 Å². The number of nitrogens with zero attached hydrogens (tertiary/aromatic N) is 3. The molecule has 2 rings (SSSR count). The van der Waals surface area contributed by atoms with E-state index in [0.717, 1.165) is 5.56 Å². The van der Waals surface area contributed by atoms with Gasteiger partial charge in [0.1, 0.15) is 17.6 Å². The third-order valence-corrected chi connectivity index (χ3v) is 2.13. The van der Waals surface area contributed by atoms with E-state index in [-0.39, 0.29) is 11.6 Å². The smallest absolute Gasteiger partial charge is 0.256 e. The first kappa shape index (κ1) is 11.0. The molecular formula is C12H8FN3O. The van der Waals surface area contributed by atoms with E-state index in [1.807, 2.05) is 6.07 Å². The number of ether oxygens (including phenoxy) is 1. The van der Waals surface area contributed by atoms with E-state index < -0.39 is 5.82 Å². The zero-order valence-corrected chi connectivity index (χ0v) is 9.01. The summed E-state index contributed by atoms with van der Waals surface area (Å²) in [4.78, 5) is 7.69. The van der Waals surface area contributed by atoms with Gasteiger partial charge in [0, 0.05) is 18.5 Å². The zero-order valence-electron chi connectivity index (χ0n) is 9.01. The number of halogens is 1. The van der Waals surface area contributed by atoms with Crippen molar-refractivity contribution >= 4 is 0 Å².